The van der Waals surface area contributed by atoms with Gasteiger partial charge in [-0.15, -0.1) is 0 Å². The third kappa shape index (κ3) is 5.36. The fourth-order valence-electron chi connectivity index (χ4n) is 1.77. The number of rotatable bonds is 7. The van der Waals surface area contributed by atoms with Gasteiger partial charge in [-0.05, 0) is 31.0 Å². The van der Waals surface area contributed by atoms with Gasteiger partial charge in [0.25, 0.3) is 0 Å². The molecule has 8 heteroatoms. The molecule has 0 aliphatic heterocycles. The van der Waals surface area contributed by atoms with Crippen LogP contribution in [-0.4, -0.2) is 23.7 Å². The Morgan fingerprint density at radius 3 is 2.72 bits per heavy atom. The Hall–Kier alpha value is -2.28. The van der Waals surface area contributed by atoms with Gasteiger partial charge in [0.05, 0.1) is 10.5 Å². The van der Waals surface area contributed by atoms with E-state index < -0.39 is 27.8 Å². The minimum Gasteiger partial charge on any atom is -0.290 e. The highest BCUT2D eigenvalue weighted by Crippen LogP contribution is 2.22. The van der Waals surface area contributed by atoms with E-state index in [1.54, 1.807) is 6.92 Å². The van der Waals surface area contributed by atoms with E-state index in [0.29, 0.717) is 10.7 Å². The lowest BCUT2D eigenvalue weighted by Gasteiger charge is -2.06. The average molecular weight is 363 g/mol. The second kappa shape index (κ2) is 9.27. The zero-order chi connectivity index (χ0) is 19.1. The van der Waals surface area contributed by atoms with Gasteiger partial charge in [-0.3, -0.25) is 14.9 Å². The van der Waals surface area contributed by atoms with Crippen LogP contribution >= 0.6 is 11.6 Å². The first-order chi connectivity index (χ1) is 11.7. The normalized spacial score (nSPS) is 14.4. The van der Waals surface area contributed by atoms with Gasteiger partial charge in [-0.25, -0.2) is 4.99 Å². The highest BCUT2D eigenvalue weighted by atomic mass is 35.5. The van der Waals surface area contributed by atoms with Crippen LogP contribution in [0.3, 0.4) is 0 Å². The van der Waals surface area contributed by atoms with Gasteiger partial charge in [0.15, 0.2) is 5.78 Å². The maximum absolute atomic E-state index is 14.1. The molecule has 0 bridgehead atoms. The van der Waals surface area contributed by atoms with Crippen LogP contribution in [0.15, 0.2) is 46.5 Å². The number of nitrogens with zero attached hydrogens (tertiary/aromatic N) is 2. The van der Waals surface area contributed by atoms with Crippen LogP contribution in [0.2, 0.25) is 0 Å². The van der Waals surface area contributed by atoms with E-state index in [1.165, 1.54) is 18.3 Å². The first kappa shape index (κ1) is 20.8. The molecule has 2 radical (unpaired) electrons. The summed E-state index contributed by atoms with van der Waals surface area (Å²) >= 11 is 5.99. The fraction of sp³-hybridized carbons (Fsp3) is 0.294. The van der Waals surface area contributed by atoms with Gasteiger partial charge in [0.2, 0.25) is 5.82 Å². The van der Waals surface area contributed by atoms with Crippen molar-refractivity contribution in [1.82, 2.24) is 0 Å². The molecule has 5 nitrogen and oxygen atoms in total. The summed E-state index contributed by atoms with van der Waals surface area (Å²) in [6, 6.07) is 3.35. The van der Waals surface area contributed by atoms with E-state index in [0.717, 1.165) is 18.6 Å². The number of nitro benzene ring substituents is 1. The molecule has 0 fully saturated rings. The number of carbonyl (C=O) groups is 1. The van der Waals surface area contributed by atoms with Crippen molar-refractivity contribution >= 4 is 36.1 Å². The Kier molecular flexibility index (Phi) is 7.70. The molecule has 1 aromatic carbocycles. The smallest absolute Gasteiger partial charge is 0.290 e. The van der Waals surface area contributed by atoms with Crippen LogP contribution in [0, 0.1) is 21.8 Å². The molecule has 0 aliphatic rings. The molecule has 0 aromatic heterocycles. The van der Waals surface area contributed by atoms with Crippen molar-refractivity contribution in [1.29, 1.82) is 0 Å². The van der Waals surface area contributed by atoms with Crippen molar-refractivity contribution < 1.29 is 14.1 Å². The Balaban J connectivity index is 3.11. The molecule has 130 valence electrons. The quantitative estimate of drug-likeness (QED) is 0.136. The maximum atomic E-state index is 14.1. The van der Waals surface area contributed by atoms with Crippen LogP contribution < -0.4 is 0 Å². The van der Waals surface area contributed by atoms with E-state index in [1.807, 2.05) is 13.8 Å². The van der Waals surface area contributed by atoms with Crippen molar-refractivity contribution in [3.05, 3.63) is 63.0 Å². The number of benzene rings is 1. The summed E-state index contributed by atoms with van der Waals surface area (Å²) in [5.74, 6) is -1.94. The van der Waals surface area contributed by atoms with Crippen LogP contribution in [0.25, 0.3) is 0 Å². The standard InChI is InChI=1S/C17H17BClFN2O3/c1-4-10(2)17(19)21-9-8-11(3)14(18)16(23)12-6-5-7-13(15(12)20)22(24)25/h5-10H,4H2,1-3H3/b9-8-,14-11+,21-17?. The molecular formula is C17H17BClFN2O3. The van der Waals surface area contributed by atoms with E-state index in [4.69, 9.17) is 19.4 Å². The summed E-state index contributed by atoms with van der Waals surface area (Å²) < 4.78 is 14.1. The predicted octanol–water partition coefficient (Wildman–Crippen LogP) is 4.56. The molecule has 0 N–H and O–H groups in total. The summed E-state index contributed by atoms with van der Waals surface area (Å²) in [7, 11) is 5.75. The summed E-state index contributed by atoms with van der Waals surface area (Å²) in [5, 5.41) is 11.2. The minimum atomic E-state index is -1.21. The average Bonchev–Trinajstić information content (AvgIpc) is 2.59. The topological polar surface area (TPSA) is 72.6 Å². The number of halogens is 2. The number of allylic oxidation sites excluding steroid dienone is 3. The molecule has 0 saturated carbocycles. The summed E-state index contributed by atoms with van der Waals surface area (Å²) in [6.45, 7) is 5.44. The Morgan fingerprint density at radius 1 is 1.52 bits per heavy atom. The van der Waals surface area contributed by atoms with Gasteiger partial charge < -0.3 is 0 Å². The number of hydrogen-bond acceptors (Lipinski definition) is 4. The van der Waals surface area contributed by atoms with Crippen molar-refractivity contribution in [2.24, 2.45) is 10.9 Å². The molecule has 1 aromatic rings. The van der Waals surface area contributed by atoms with Gasteiger partial charge in [-0.1, -0.05) is 37.1 Å². The Labute approximate surface area is 151 Å². The van der Waals surface area contributed by atoms with Crippen molar-refractivity contribution in [3.8, 4) is 0 Å². The van der Waals surface area contributed by atoms with E-state index >= 15 is 0 Å². The molecule has 0 saturated heterocycles. The maximum Gasteiger partial charge on any atom is 0.305 e. The zero-order valence-electron chi connectivity index (χ0n) is 14.1. The molecule has 1 unspecified atom stereocenters. The lowest BCUT2D eigenvalue weighted by molar-refractivity contribution is -0.387. The third-order valence-electron chi connectivity index (χ3n) is 3.63. The molecule has 0 spiro atoms. The minimum absolute atomic E-state index is 0.105. The summed E-state index contributed by atoms with van der Waals surface area (Å²) in [6.07, 6.45) is 3.69. The van der Waals surface area contributed by atoms with Crippen LogP contribution in [0.1, 0.15) is 37.6 Å². The fourth-order valence-corrected chi connectivity index (χ4v) is 1.98. The molecule has 0 amide bonds. The van der Waals surface area contributed by atoms with Crippen molar-refractivity contribution in [2.45, 2.75) is 27.2 Å². The largest absolute Gasteiger partial charge is 0.305 e. The first-order valence-electron chi connectivity index (χ1n) is 7.54. The molecular weight excluding hydrogens is 345 g/mol. The lowest BCUT2D eigenvalue weighted by Crippen LogP contribution is -2.09. The first-order valence-corrected chi connectivity index (χ1v) is 7.92. The Morgan fingerprint density at radius 2 is 2.16 bits per heavy atom. The highest BCUT2D eigenvalue weighted by Gasteiger charge is 2.22. The zero-order valence-corrected chi connectivity index (χ0v) is 14.9. The molecule has 1 atom stereocenters. The number of carbonyl (C=O) groups excluding carboxylic acids is 1. The van der Waals surface area contributed by atoms with E-state index in [9.17, 15) is 19.3 Å². The molecule has 0 heterocycles. The van der Waals surface area contributed by atoms with Gasteiger partial charge in [0, 0.05) is 18.2 Å². The number of aliphatic imine (C=N–C) groups is 1. The molecule has 0 aliphatic carbocycles. The molecule has 25 heavy (non-hydrogen) atoms. The van der Waals surface area contributed by atoms with Crippen LogP contribution in [-0.2, 0) is 0 Å². The second-order valence-corrected chi connectivity index (χ2v) is 5.79. The van der Waals surface area contributed by atoms with Crippen molar-refractivity contribution in [3.63, 3.8) is 0 Å². The van der Waals surface area contributed by atoms with Gasteiger partial charge in [-0.2, -0.15) is 4.39 Å². The number of Topliss-reactive ketones (excluding diaryl/α,β-unsaturated/α-hetero) is 1. The molecule has 1 rings (SSSR count). The third-order valence-corrected chi connectivity index (χ3v) is 4.10. The monoisotopic (exact) mass is 362 g/mol. The second-order valence-electron chi connectivity index (χ2n) is 5.40. The predicted molar refractivity (Wildman–Crippen MR) is 97.7 cm³/mol. The van der Waals surface area contributed by atoms with E-state index in [-0.39, 0.29) is 11.4 Å². The van der Waals surface area contributed by atoms with Crippen LogP contribution in [0.5, 0.6) is 0 Å². The van der Waals surface area contributed by atoms with Crippen molar-refractivity contribution in [2.75, 3.05) is 0 Å². The number of hydrogen-bond donors (Lipinski definition) is 0. The summed E-state index contributed by atoms with van der Waals surface area (Å²) in [4.78, 5) is 26.2. The highest BCUT2D eigenvalue weighted by molar-refractivity contribution is 6.65. The number of ketones is 1. The van der Waals surface area contributed by atoms with Gasteiger partial charge >= 0.3 is 5.69 Å². The van der Waals surface area contributed by atoms with Gasteiger partial charge in [0.1, 0.15) is 13.0 Å². The van der Waals surface area contributed by atoms with Crippen LogP contribution in [0.4, 0.5) is 10.1 Å². The lowest BCUT2D eigenvalue weighted by atomic mass is 9.84. The van der Waals surface area contributed by atoms with E-state index in [2.05, 4.69) is 4.99 Å². The number of nitro groups is 1. The summed E-state index contributed by atoms with van der Waals surface area (Å²) in [5.41, 5.74) is -1.13. The SMILES string of the molecule is [B]/C(C(=O)c1cccc([N+](=O)[O-])c1F)=C(C)/C=C\N=C(Cl)C(C)CC. The Bertz CT molecular complexity index is 775.